The molecule has 15 aromatic carbocycles. The summed E-state index contributed by atoms with van der Waals surface area (Å²) < 4.78 is 0. The number of halogens is 1. The van der Waals surface area contributed by atoms with Crippen LogP contribution < -0.4 is 0 Å². The van der Waals surface area contributed by atoms with E-state index >= 15 is 0 Å². The van der Waals surface area contributed by atoms with E-state index in [1.165, 1.54) is 351 Å². The van der Waals surface area contributed by atoms with Gasteiger partial charge in [-0.1, -0.05) is 469 Å². The molecule has 0 aromatic heterocycles. The first-order valence-electron chi connectivity index (χ1n) is 50.7. The van der Waals surface area contributed by atoms with E-state index in [0.29, 0.717) is 0 Å². The first kappa shape index (κ1) is 87.6. The number of rotatable bonds is 36. The molecule has 5 aliphatic carbocycles. The van der Waals surface area contributed by atoms with Crippen molar-refractivity contribution in [3.63, 3.8) is 0 Å². The Kier molecular flexibility index (Phi) is 25.0. The van der Waals surface area contributed by atoms with E-state index in [2.05, 4.69) is 365 Å². The average Bonchev–Trinajstić information content (AvgIpc) is 1.56. The topological polar surface area (TPSA) is 0 Å². The highest BCUT2D eigenvalue weighted by Gasteiger charge is 2.49. The molecule has 15 aromatic rings. The molecular formula is C130H131Cl. The second-order valence-corrected chi connectivity index (χ2v) is 41.1. The van der Waals surface area contributed by atoms with E-state index < -0.39 is 5.41 Å². The fourth-order valence-corrected chi connectivity index (χ4v) is 25.0. The quantitative estimate of drug-likeness (QED) is 0.0343. The predicted molar refractivity (Wildman–Crippen MR) is 562 cm³/mol. The third-order valence-electron chi connectivity index (χ3n) is 32.1. The van der Waals surface area contributed by atoms with Crippen molar-refractivity contribution in [1.82, 2.24) is 0 Å². The van der Waals surface area contributed by atoms with Crippen LogP contribution in [0.5, 0.6) is 0 Å². The molecule has 0 heterocycles. The van der Waals surface area contributed by atoms with Crippen LogP contribution in [-0.4, -0.2) is 0 Å². The lowest BCUT2D eigenvalue weighted by atomic mass is 9.67. The fraction of sp³-hybridized carbons (Fsp3) is 0.308. The lowest BCUT2D eigenvalue weighted by Gasteiger charge is -2.34. The van der Waals surface area contributed by atoms with Crippen molar-refractivity contribution in [2.45, 2.75) is 256 Å². The summed E-state index contributed by atoms with van der Waals surface area (Å²) in [5, 5.41) is 0.766. The molecular weight excluding hydrogens is 1600 g/mol. The molecule has 0 nitrogen and oxygen atoms in total. The highest BCUT2D eigenvalue weighted by atomic mass is 35.5. The molecule has 0 amide bonds. The summed E-state index contributed by atoms with van der Waals surface area (Å²) in [6, 6.07) is 126. The van der Waals surface area contributed by atoms with E-state index in [9.17, 15) is 0 Å². The molecule has 1 unspecified atom stereocenters. The van der Waals surface area contributed by atoms with Crippen molar-refractivity contribution in [1.29, 1.82) is 0 Å². The number of fused-ring (bicyclic) bond motifs is 15. The molecule has 131 heavy (non-hydrogen) atoms. The highest BCUT2D eigenvalue weighted by Crippen LogP contribution is 2.62. The van der Waals surface area contributed by atoms with Gasteiger partial charge in [-0.3, -0.25) is 0 Å². The third-order valence-corrected chi connectivity index (χ3v) is 32.3. The molecule has 5 aliphatic rings. The van der Waals surface area contributed by atoms with Crippen molar-refractivity contribution >= 4 is 11.6 Å². The summed E-state index contributed by atoms with van der Waals surface area (Å²) >= 11 is 6.38. The Labute approximate surface area is 788 Å². The molecule has 0 spiro atoms. The first-order valence-corrected chi connectivity index (χ1v) is 51.1. The first-order chi connectivity index (χ1) is 64.2. The Morgan fingerprint density at radius 2 is 0.374 bits per heavy atom. The zero-order valence-electron chi connectivity index (χ0n) is 79.1. The monoisotopic (exact) mass is 1730 g/mol. The van der Waals surface area contributed by atoms with Gasteiger partial charge in [0.25, 0.3) is 0 Å². The minimum Gasteiger partial charge on any atom is -0.0843 e. The number of hydrogen-bond acceptors (Lipinski definition) is 0. The van der Waals surface area contributed by atoms with Crippen molar-refractivity contribution in [3.05, 3.63) is 393 Å². The van der Waals surface area contributed by atoms with Gasteiger partial charge in [0.05, 0.1) is 5.41 Å². The van der Waals surface area contributed by atoms with Crippen LogP contribution >= 0.6 is 11.6 Å². The summed E-state index contributed by atoms with van der Waals surface area (Å²) in [5.74, 6) is 0. The van der Waals surface area contributed by atoms with E-state index in [1.54, 1.807) is 22.3 Å². The standard InChI is InChI=1S/C130H131Cl/c1-9-13-17-21-25-37-77-128(76-36-24-20-16-12-4)121-84-96(58-71-111(121)113-73-63-101(86-123(113)128)100-62-70-110-108-68-57-95(93-54-65-105(131)66-55-93)81-118(108)127(7,8)120(110)83-100)90-48-46-89(47-49-90)94-56-67-107-109-69-61-99(82-119(109)126(5,6)117(107)80-94)102-64-74-114-112-72-59-97(85-122(112)129(124(114)87-102,78-38-26-22-18-14-10-2)79-39-27-23-19-15-11-3)91-50-52-92(53-51-91)98-60-75-115-106-44-34-35-45-116(106)130(125(115)88-98,103-40-30-28-31-41-103)104-42-32-29-33-43-104/h28-35,40-75,80-88H,9-27,36-39,76-79H2,1-8H3. The van der Waals surface area contributed by atoms with Gasteiger partial charge in [0.15, 0.2) is 0 Å². The number of benzene rings is 15. The zero-order valence-corrected chi connectivity index (χ0v) is 79.8. The van der Waals surface area contributed by atoms with Crippen LogP contribution in [-0.2, 0) is 27.1 Å². The largest absolute Gasteiger partial charge is 0.0843 e. The summed E-state index contributed by atoms with van der Waals surface area (Å²) in [7, 11) is 0. The Hall–Kier alpha value is -11.4. The Balaban J connectivity index is 0.591. The van der Waals surface area contributed by atoms with Crippen molar-refractivity contribution < 1.29 is 0 Å². The summed E-state index contributed by atoms with van der Waals surface area (Å²) in [4.78, 5) is 0. The second kappa shape index (κ2) is 37.3. The van der Waals surface area contributed by atoms with Gasteiger partial charge in [0.1, 0.15) is 0 Å². The molecule has 1 heteroatoms. The van der Waals surface area contributed by atoms with Gasteiger partial charge >= 0.3 is 0 Å². The van der Waals surface area contributed by atoms with E-state index in [4.69, 9.17) is 11.6 Å². The maximum Gasteiger partial charge on any atom is 0.0713 e. The smallest absolute Gasteiger partial charge is 0.0713 e. The van der Waals surface area contributed by atoms with Crippen molar-refractivity contribution in [2.24, 2.45) is 0 Å². The van der Waals surface area contributed by atoms with Gasteiger partial charge in [-0.05, 0) is 293 Å². The fourth-order valence-electron chi connectivity index (χ4n) is 24.9. The summed E-state index contributed by atoms with van der Waals surface area (Å²) in [5.41, 5.74) is 47.8. The van der Waals surface area contributed by atoms with Crippen LogP contribution in [0, 0.1) is 0 Å². The molecule has 0 bridgehead atoms. The van der Waals surface area contributed by atoms with Crippen LogP contribution in [0.2, 0.25) is 5.02 Å². The van der Waals surface area contributed by atoms with E-state index in [1.807, 2.05) is 12.1 Å². The van der Waals surface area contributed by atoms with Gasteiger partial charge in [0, 0.05) is 26.7 Å². The van der Waals surface area contributed by atoms with Crippen molar-refractivity contribution in [2.75, 3.05) is 0 Å². The van der Waals surface area contributed by atoms with Crippen LogP contribution in [0.1, 0.15) is 296 Å². The molecule has 20 rings (SSSR count). The van der Waals surface area contributed by atoms with Gasteiger partial charge in [-0.25, -0.2) is 0 Å². The Morgan fingerprint density at radius 3 is 0.656 bits per heavy atom. The summed E-state index contributed by atoms with van der Waals surface area (Å²) in [6.45, 7) is 19.2. The molecule has 0 saturated carbocycles. The van der Waals surface area contributed by atoms with Crippen molar-refractivity contribution in [3.8, 4) is 134 Å². The Bertz CT molecular complexity index is 6610. The summed E-state index contributed by atoms with van der Waals surface area (Å²) in [6.07, 6.45) is 34.2. The molecule has 0 aliphatic heterocycles. The number of unbranched alkanes of at least 4 members (excludes halogenated alkanes) is 19. The van der Waals surface area contributed by atoms with Crippen LogP contribution in [0.3, 0.4) is 0 Å². The Morgan fingerprint density at radius 1 is 0.176 bits per heavy atom. The SMILES string of the molecule is CCCCCCCCC1(CCCCCCC)c2cc(-c3ccc(-c4ccc5c(c4)C(C)(C)c4cc(-c6ccc7c(c6)C(CCCCCCCC)(CCCCCCCC)c6cc(-c8ccc(-c9ccc%10c(c9)C(c9ccccc9)(c9ccccc9)c9ccccc9-%10)cc8)ccc6-7)ccc4-5)cc3)ccc2-c2ccc(-c3ccc4c(c3)C(C)(C)c3cc(-c5ccc(Cl)cc5)ccc3-4)cc21. The minimum absolute atomic E-state index is 0.0841. The van der Waals surface area contributed by atoms with E-state index in [-0.39, 0.29) is 21.7 Å². The second-order valence-electron chi connectivity index (χ2n) is 40.7. The van der Waals surface area contributed by atoms with Gasteiger partial charge < -0.3 is 0 Å². The van der Waals surface area contributed by atoms with Crippen LogP contribution in [0.4, 0.5) is 0 Å². The van der Waals surface area contributed by atoms with Gasteiger partial charge in [-0.15, -0.1) is 0 Å². The molecule has 0 fully saturated rings. The normalized spacial score (nSPS) is 15.4. The third kappa shape index (κ3) is 16.0. The maximum atomic E-state index is 6.38. The maximum absolute atomic E-state index is 6.38. The lowest BCUT2D eigenvalue weighted by molar-refractivity contribution is 0.398. The lowest BCUT2D eigenvalue weighted by Crippen LogP contribution is -2.28. The van der Waals surface area contributed by atoms with Crippen LogP contribution in [0.25, 0.3) is 134 Å². The predicted octanol–water partition coefficient (Wildman–Crippen LogP) is 38.1. The average molecular weight is 1730 g/mol. The zero-order chi connectivity index (χ0) is 89.4. The highest BCUT2D eigenvalue weighted by molar-refractivity contribution is 6.30. The molecule has 658 valence electrons. The van der Waals surface area contributed by atoms with Crippen LogP contribution in [0.15, 0.2) is 322 Å². The van der Waals surface area contributed by atoms with Gasteiger partial charge in [0.2, 0.25) is 0 Å². The molecule has 0 radical (unpaired) electrons. The molecule has 0 saturated heterocycles. The van der Waals surface area contributed by atoms with E-state index in [0.717, 1.165) is 5.02 Å². The minimum atomic E-state index is -0.448. The molecule has 0 N–H and O–H groups in total. The number of hydrogen-bond donors (Lipinski definition) is 0. The van der Waals surface area contributed by atoms with Gasteiger partial charge in [-0.2, -0.15) is 0 Å². The molecule has 1 atom stereocenters.